The standard InChI is InChI=1S/C19H23F2N3O/c1-10-8-23(9-11(2)22-10)19-16(20)12(3)15-14(25)6-7-24(13-4-5-13)18(15)17(19)21/h6-7,10-11,13,22H,4-5,8-9H2,1-3H3. The summed E-state index contributed by atoms with van der Waals surface area (Å²) in [4.78, 5) is 14.1. The Kier molecular flexibility index (Phi) is 3.83. The highest BCUT2D eigenvalue weighted by molar-refractivity contribution is 5.87. The summed E-state index contributed by atoms with van der Waals surface area (Å²) in [5, 5.41) is 3.55. The third kappa shape index (κ3) is 2.63. The largest absolute Gasteiger partial charge is 0.364 e. The number of pyridine rings is 1. The molecule has 1 saturated carbocycles. The van der Waals surface area contributed by atoms with Crippen LogP contribution in [0.1, 0.15) is 38.3 Å². The fourth-order valence-corrected chi connectivity index (χ4v) is 4.08. The van der Waals surface area contributed by atoms with E-state index in [-0.39, 0.29) is 45.7 Å². The quantitative estimate of drug-likeness (QED) is 0.907. The summed E-state index contributed by atoms with van der Waals surface area (Å²) in [5.41, 5.74) is 0.175. The van der Waals surface area contributed by atoms with Crippen molar-refractivity contribution in [3.8, 4) is 0 Å². The fourth-order valence-electron chi connectivity index (χ4n) is 4.08. The molecule has 2 fully saturated rings. The van der Waals surface area contributed by atoms with Crippen molar-refractivity contribution in [3.63, 3.8) is 0 Å². The van der Waals surface area contributed by atoms with Gasteiger partial charge in [-0.3, -0.25) is 4.79 Å². The van der Waals surface area contributed by atoms with Crippen LogP contribution in [0.5, 0.6) is 0 Å². The van der Waals surface area contributed by atoms with Gasteiger partial charge in [0.2, 0.25) is 0 Å². The van der Waals surface area contributed by atoms with Crippen molar-refractivity contribution in [2.45, 2.75) is 51.7 Å². The number of anilines is 1. The molecule has 1 aromatic carbocycles. The first-order valence-electron chi connectivity index (χ1n) is 8.92. The van der Waals surface area contributed by atoms with E-state index in [0.717, 1.165) is 12.8 Å². The van der Waals surface area contributed by atoms with Gasteiger partial charge in [0.25, 0.3) is 0 Å². The molecule has 1 aromatic heterocycles. The van der Waals surface area contributed by atoms with Gasteiger partial charge in [-0.25, -0.2) is 8.78 Å². The number of halogens is 2. The van der Waals surface area contributed by atoms with Gasteiger partial charge in [-0.15, -0.1) is 0 Å². The number of benzene rings is 1. The second-order valence-electron chi connectivity index (χ2n) is 7.52. The van der Waals surface area contributed by atoms with Crippen LogP contribution in [0.2, 0.25) is 0 Å². The van der Waals surface area contributed by atoms with E-state index in [4.69, 9.17) is 0 Å². The van der Waals surface area contributed by atoms with Gasteiger partial charge in [0, 0.05) is 49.0 Å². The minimum atomic E-state index is -0.614. The molecule has 0 bridgehead atoms. The molecule has 4 rings (SSSR count). The molecule has 1 N–H and O–H groups in total. The molecule has 6 heteroatoms. The zero-order chi connectivity index (χ0) is 17.9. The van der Waals surface area contributed by atoms with Crippen molar-refractivity contribution in [1.29, 1.82) is 0 Å². The maximum absolute atomic E-state index is 15.5. The summed E-state index contributed by atoms with van der Waals surface area (Å²) < 4.78 is 32.4. The molecule has 1 aliphatic carbocycles. The van der Waals surface area contributed by atoms with Gasteiger partial charge in [-0.2, -0.15) is 0 Å². The molecule has 2 atom stereocenters. The van der Waals surface area contributed by atoms with Crippen molar-refractivity contribution in [3.05, 3.63) is 39.7 Å². The van der Waals surface area contributed by atoms with Gasteiger partial charge in [0.1, 0.15) is 5.69 Å². The zero-order valence-corrected chi connectivity index (χ0v) is 14.8. The van der Waals surface area contributed by atoms with E-state index in [9.17, 15) is 4.79 Å². The molecule has 134 valence electrons. The molecule has 1 saturated heterocycles. The second-order valence-corrected chi connectivity index (χ2v) is 7.52. The van der Waals surface area contributed by atoms with Crippen LogP contribution < -0.4 is 15.6 Å². The first kappa shape index (κ1) is 16.5. The maximum Gasteiger partial charge on any atom is 0.189 e. The topological polar surface area (TPSA) is 37.3 Å². The van der Waals surface area contributed by atoms with Crippen LogP contribution >= 0.6 is 0 Å². The lowest BCUT2D eigenvalue weighted by Gasteiger charge is -2.38. The van der Waals surface area contributed by atoms with E-state index in [1.165, 1.54) is 6.07 Å². The van der Waals surface area contributed by atoms with Crippen molar-refractivity contribution < 1.29 is 8.78 Å². The number of aromatic nitrogens is 1. The van der Waals surface area contributed by atoms with Gasteiger partial charge in [-0.1, -0.05) is 0 Å². The lowest BCUT2D eigenvalue weighted by Crippen LogP contribution is -2.54. The fraction of sp³-hybridized carbons (Fsp3) is 0.526. The first-order valence-corrected chi connectivity index (χ1v) is 8.92. The summed E-state index contributed by atoms with van der Waals surface area (Å²) in [7, 11) is 0. The van der Waals surface area contributed by atoms with Crippen LogP contribution in [0, 0.1) is 18.6 Å². The SMILES string of the molecule is Cc1c(F)c(N2CC(C)NC(C)C2)c(F)c2c1c(=O)ccn2C1CC1. The Morgan fingerprint density at radius 1 is 1.12 bits per heavy atom. The van der Waals surface area contributed by atoms with Gasteiger partial charge in [-0.05, 0) is 33.6 Å². The van der Waals surface area contributed by atoms with E-state index >= 15 is 8.78 Å². The second kappa shape index (κ2) is 5.80. The molecular formula is C19H23F2N3O. The van der Waals surface area contributed by atoms with E-state index in [0.29, 0.717) is 13.1 Å². The molecule has 0 amide bonds. The highest BCUT2D eigenvalue weighted by atomic mass is 19.1. The van der Waals surface area contributed by atoms with Crippen LogP contribution in [0.15, 0.2) is 17.1 Å². The smallest absolute Gasteiger partial charge is 0.189 e. The molecule has 0 radical (unpaired) electrons. The molecule has 4 nitrogen and oxygen atoms in total. The molecule has 2 unspecified atom stereocenters. The highest BCUT2D eigenvalue weighted by Gasteiger charge is 2.32. The summed E-state index contributed by atoms with van der Waals surface area (Å²) in [6.07, 6.45) is 3.57. The molecular weight excluding hydrogens is 324 g/mol. The predicted molar refractivity (Wildman–Crippen MR) is 95.4 cm³/mol. The van der Waals surface area contributed by atoms with E-state index in [1.54, 1.807) is 18.0 Å². The Bertz CT molecular complexity index is 894. The van der Waals surface area contributed by atoms with Crippen molar-refractivity contribution in [2.75, 3.05) is 18.0 Å². The Hall–Kier alpha value is -1.95. The van der Waals surface area contributed by atoms with Gasteiger partial charge >= 0.3 is 0 Å². The van der Waals surface area contributed by atoms with Crippen LogP contribution in [0.25, 0.3) is 10.9 Å². The Morgan fingerprint density at radius 2 is 1.76 bits per heavy atom. The monoisotopic (exact) mass is 347 g/mol. The van der Waals surface area contributed by atoms with E-state index < -0.39 is 11.6 Å². The molecule has 2 heterocycles. The molecule has 25 heavy (non-hydrogen) atoms. The molecule has 2 aliphatic rings. The van der Waals surface area contributed by atoms with Crippen LogP contribution in [0.4, 0.5) is 14.5 Å². The lowest BCUT2D eigenvalue weighted by atomic mass is 10.0. The van der Waals surface area contributed by atoms with Gasteiger partial charge < -0.3 is 14.8 Å². The van der Waals surface area contributed by atoms with Crippen LogP contribution in [-0.4, -0.2) is 29.7 Å². The summed E-state index contributed by atoms with van der Waals surface area (Å²) in [5.74, 6) is -1.22. The van der Waals surface area contributed by atoms with Crippen molar-refractivity contribution in [1.82, 2.24) is 9.88 Å². The normalized spacial score (nSPS) is 24.1. The number of fused-ring (bicyclic) bond motifs is 1. The number of aryl methyl sites for hydroxylation is 1. The summed E-state index contributed by atoms with van der Waals surface area (Å²) >= 11 is 0. The summed E-state index contributed by atoms with van der Waals surface area (Å²) in [6.45, 7) is 6.65. The third-order valence-electron chi connectivity index (χ3n) is 5.27. The minimum Gasteiger partial charge on any atom is -0.364 e. The minimum absolute atomic E-state index is 0.00481. The third-order valence-corrected chi connectivity index (χ3v) is 5.27. The average Bonchev–Trinajstić information content (AvgIpc) is 3.36. The van der Waals surface area contributed by atoms with Crippen LogP contribution in [-0.2, 0) is 0 Å². The predicted octanol–water partition coefficient (Wildman–Crippen LogP) is 3.11. The Labute approximate surface area is 145 Å². The van der Waals surface area contributed by atoms with Gasteiger partial charge in [0.05, 0.1) is 10.9 Å². The maximum atomic E-state index is 15.5. The average molecular weight is 347 g/mol. The number of hydrogen-bond acceptors (Lipinski definition) is 3. The number of rotatable bonds is 2. The Morgan fingerprint density at radius 3 is 2.36 bits per heavy atom. The molecule has 0 spiro atoms. The van der Waals surface area contributed by atoms with Crippen molar-refractivity contribution in [2.24, 2.45) is 0 Å². The van der Waals surface area contributed by atoms with E-state index in [1.807, 2.05) is 18.4 Å². The number of hydrogen-bond donors (Lipinski definition) is 1. The van der Waals surface area contributed by atoms with Crippen LogP contribution in [0.3, 0.4) is 0 Å². The summed E-state index contributed by atoms with van der Waals surface area (Å²) in [6, 6.07) is 1.90. The number of nitrogens with zero attached hydrogens (tertiary/aromatic N) is 2. The lowest BCUT2D eigenvalue weighted by molar-refractivity contribution is 0.400. The molecule has 2 aromatic rings. The number of piperazine rings is 1. The van der Waals surface area contributed by atoms with Gasteiger partial charge in [0.15, 0.2) is 17.1 Å². The zero-order valence-electron chi connectivity index (χ0n) is 14.8. The molecule has 1 aliphatic heterocycles. The van der Waals surface area contributed by atoms with E-state index in [2.05, 4.69) is 5.32 Å². The first-order chi connectivity index (χ1) is 11.9. The van der Waals surface area contributed by atoms with Crippen molar-refractivity contribution >= 4 is 16.6 Å². The highest BCUT2D eigenvalue weighted by Crippen LogP contribution is 2.40. The number of nitrogens with one attached hydrogen (secondary N) is 1. The Balaban J connectivity index is 1.99.